The van der Waals surface area contributed by atoms with E-state index in [1.54, 1.807) is 20.8 Å². The highest BCUT2D eigenvalue weighted by Crippen LogP contribution is 2.11. The van der Waals surface area contributed by atoms with Crippen molar-refractivity contribution in [2.45, 2.75) is 111 Å². The number of carboxylic acid groups (broad SMARTS) is 1. The van der Waals surface area contributed by atoms with Crippen molar-refractivity contribution in [3.05, 3.63) is 35.9 Å². The number of carbonyl (C=O) groups excluding carboxylic acids is 6. The van der Waals surface area contributed by atoms with E-state index in [9.17, 15) is 38.7 Å². The fraction of sp³-hybridized carbons (Fsp3) is 0.581. The standard InChI is InChI=1S/C31H43NO15/c1-17(41-16-22-12-10-9-11-13-22)25(35)42-18(2)26(36)43-19(3)27(37)44-20(4)28(38)45-21(5)29(39)46-23(24(33)34)14-15-32-30(40)47-31(6,7)8/h9-13,17-21,23H,14-16H2,1-8H3,(H,32,40)(H,33,34)/t17-,18-,19-,20-,21-,23-/m0/s1. The molecule has 1 amide bonds. The highest BCUT2D eigenvalue weighted by Gasteiger charge is 2.32. The topological polar surface area (TPSA) is 216 Å². The number of nitrogens with one attached hydrogen (secondary N) is 1. The van der Waals surface area contributed by atoms with Crippen LogP contribution in [-0.2, 0) is 68.5 Å². The van der Waals surface area contributed by atoms with Crippen molar-refractivity contribution in [2.24, 2.45) is 0 Å². The van der Waals surface area contributed by atoms with Crippen molar-refractivity contribution in [2.75, 3.05) is 6.54 Å². The van der Waals surface area contributed by atoms with Crippen molar-refractivity contribution in [3.8, 4) is 0 Å². The van der Waals surface area contributed by atoms with Crippen LogP contribution in [0.3, 0.4) is 0 Å². The lowest BCUT2D eigenvalue weighted by Crippen LogP contribution is -2.40. The van der Waals surface area contributed by atoms with Gasteiger partial charge in [0.15, 0.2) is 30.5 Å². The monoisotopic (exact) mass is 669 g/mol. The maximum atomic E-state index is 12.4. The summed E-state index contributed by atoms with van der Waals surface area (Å²) in [5, 5.41) is 11.7. The SMILES string of the molecule is C[C@H](OCc1ccccc1)C(=O)O[C@@H](C)C(=O)O[C@@H](C)C(=O)O[C@@H](C)C(=O)O[C@@H](C)C(=O)O[C@@H](CCNC(=O)OC(C)(C)C)C(=O)O. The first kappa shape index (κ1) is 40.3. The molecule has 0 saturated carbocycles. The number of amides is 1. The Morgan fingerprint density at radius 3 is 1.47 bits per heavy atom. The van der Waals surface area contributed by atoms with Gasteiger partial charge in [0.2, 0.25) is 6.10 Å². The summed E-state index contributed by atoms with van der Waals surface area (Å²) in [5.74, 6) is -6.97. The molecule has 0 aromatic heterocycles. The highest BCUT2D eigenvalue weighted by atomic mass is 16.6. The number of hydrogen-bond acceptors (Lipinski definition) is 14. The van der Waals surface area contributed by atoms with Gasteiger partial charge < -0.3 is 43.6 Å². The first-order chi connectivity index (χ1) is 21.8. The van der Waals surface area contributed by atoms with E-state index < -0.39 is 84.1 Å². The Labute approximate surface area is 272 Å². The van der Waals surface area contributed by atoms with E-state index in [-0.39, 0.29) is 19.6 Å². The fourth-order valence-corrected chi connectivity index (χ4v) is 3.22. The predicted molar refractivity (Wildman–Crippen MR) is 159 cm³/mol. The molecule has 0 aliphatic rings. The number of benzene rings is 1. The van der Waals surface area contributed by atoms with Gasteiger partial charge in [-0.2, -0.15) is 0 Å². The lowest BCUT2D eigenvalue weighted by atomic mass is 10.2. The van der Waals surface area contributed by atoms with Gasteiger partial charge in [0.05, 0.1) is 6.61 Å². The minimum absolute atomic E-state index is 0.136. The average Bonchev–Trinajstić information content (AvgIpc) is 2.98. The third kappa shape index (κ3) is 15.9. The lowest BCUT2D eigenvalue weighted by molar-refractivity contribution is -0.187. The summed E-state index contributed by atoms with van der Waals surface area (Å²) < 4.78 is 35.2. The van der Waals surface area contributed by atoms with Crippen LogP contribution < -0.4 is 5.32 Å². The number of alkyl carbamates (subject to hydrolysis) is 1. The zero-order valence-corrected chi connectivity index (χ0v) is 27.6. The minimum atomic E-state index is -1.68. The molecule has 6 atom stereocenters. The van der Waals surface area contributed by atoms with Crippen LogP contribution in [-0.4, -0.2) is 95.8 Å². The smallest absolute Gasteiger partial charge is 0.407 e. The molecule has 0 fully saturated rings. The predicted octanol–water partition coefficient (Wildman–Crippen LogP) is 2.23. The molecule has 0 spiro atoms. The van der Waals surface area contributed by atoms with Crippen molar-refractivity contribution in [1.29, 1.82) is 0 Å². The van der Waals surface area contributed by atoms with Crippen LogP contribution in [0.4, 0.5) is 4.79 Å². The van der Waals surface area contributed by atoms with Crippen LogP contribution in [0, 0.1) is 0 Å². The normalized spacial score (nSPS) is 14.9. The molecule has 2 N–H and O–H groups in total. The molecule has 1 aromatic rings. The van der Waals surface area contributed by atoms with E-state index in [0.717, 1.165) is 26.3 Å². The van der Waals surface area contributed by atoms with E-state index in [4.69, 9.17) is 33.2 Å². The Morgan fingerprint density at radius 1 is 0.660 bits per heavy atom. The second kappa shape index (κ2) is 19.1. The van der Waals surface area contributed by atoms with Crippen LogP contribution in [0.1, 0.15) is 67.4 Å². The molecule has 1 aromatic carbocycles. The Morgan fingerprint density at radius 2 is 1.06 bits per heavy atom. The second-order valence-corrected chi connectivity index (χ2v) is 11.2. The lowest BCUT2D eigenvalue weighted by Gasteiger charge is -2.21. The van der Waals surface area contributed by atoms with Crippen molar-refractivity contribution < 1.29 is 71.8 Å². The minimum Gasteiger partial charge on any atom is -0.479 e. The van der Waals surface area contributed by atoms with Crippen LogP contribution in [0.15, 0.2) is 30.3 Å². The summed E-state index contributed by atoms with van der Waals surface area (Å²) in [4.78, 5) is 85.0. The largest absolute Gasteiger partial charge is 0.479 e. The van der Waals surface area contributed by atoms with Gasteiger partial charge in [-0.1, -0.05) is 30.3 Å². The van der Waals surface area contributed by atoms with E-state index >= 15 is 0 Å². The summed E-state index contributed by atoms with van der Waals surface area (Å²) in [7, 11) is 0. The van der Waals surface area contributed by atoms with Crippen LogP contribution in [0.25, 0.3) is 0 Å². The highest BCUT2D eigenvalue weighted by molar-refractivity contribution is 5.86. The Kier molecular flexibility index (Phi) is 16.3. The number of esters is 5. The molecule has 0 unspecified atom stereocenters. The summed E-state index contributed by atoms with van der Waals surface area (Å²) in [6.45, 7) is 10.9. The molecule has 262 valence electrons. The van der Waals surface area contributed by atoms with Gasteiger partial charge in [-0.15, -0.1) is 0 Å². The van der Waals surface area contributed by atoms with E-state index in [1.807, 2.05) is 30.3 Å². The molecule has 0 aliphatic heterocycles. The van der Waals surface area contributed by atoms with Gasteiger partial charge in [-0.05, 0) is 61.0 Å². The number of rotatable bonds is 17. The molecular formula is C31H43NO15. The van der Waals surface area contributed by atoms with Crippen LogP contribution >= 0.6 is 0 Å². The zero-order valence-electron chi connectivity index (χ0n) is 27.6. The van der Waals surface area contributed by atoms with E-state index in [0.29, 0.717) is 0 Å². The Bertz CT molecular complexity index is 1240. The number of carboxylic acids is 1. The van der Waals surface area contributed by atoms with Gasteiger partial charge in [-0.3, -0.25) is 0 Å². The van der Waals surface area contributed by atoms with E-state index in [1.165, 1.54) is 13.8 Å². The first-order valence-electron chi connectivity index (χ1n) is 14.7. The van der Waals surface area contributed by atoms with E-state index in [2.05, 4.69) is 5.32 Å². The van der Waals surface area contributed by atoms with Crippen molar-refractivity contribution >= 4 is 41.9 Å². The maximum absolute atomic E-state index is 12.4. The molecule has 16 heteroatoms. The number of carbonyl (C=O) groups is 7. The van der Waals surface area contributed by atoms with Gasteiger partial charge in [-0.25, -0.2) is 33.6 Å². The molecular weight excluding hydrogens is 626 g/mol. The number of hydrogen-bond donors (Lipinski definition) is 2. The number of ether oxygens (including phenoxy) is 7. The quantitative estimate of drug-likeness (QED) is 0.180. The molecule has 0 aliphatic carbocycles. The molecule has 16 nitrogen and oxygen atoms in total. The van der Waals surface area contributed by atoms with Crippen molar-refractivity contribution in [3.63, 3.8) is 0 Å². The first-order valence-corrected chi connectivity index (χ1v) is 14.7. The molecule has 0 radical (unpaired) electrons. The van der Waals surface area contributed by atoms with Crippen LogP contribution in [0.2, 0.25) is 0 Å². The maximum Gasteiger partial charge on any atom is 0.407 e. The fourth-order valence-electron chi connectivity index (χ4n) is 3.22. The van der Waals surface area contributed by atoms with Crippen molar-refractivity contribution in [1.82, 2.24) is 5.32 Å². The van der Waals surface area contributed by atoms with Gasteiger partial charge in [0.1, 0.15) is 5.60 Å². The molecule has 0 heterocycles. The van der Waals surface area contributed by atoms with Crippen LogP contribution in [0.5, 0.6) is 0 Å². The summed E-state index contributed by atoms with van der Waals surface area (Å²) in [6, 6.07) is 9.07. The molecule has 0 saturated heterocycles. The van der Waals surface area contributed by atoms with Gasteiger partial charge in [0, 0.05) is 13.0 Å². The Hall–Kier alpha value is -4.73. The number of aliphatic carboxylic acids is 1. The molecule has 1 rings (SSSR count). The summed E-state index contributed by atoms with van der Waals surface area (Å²) in [6.07, 6.45) is -9.91. The van der Waals surface area contributed by atoms with Gasteiger partial charge >= 0.3 is 41.9 Å². The average molecular weight is 670 g/mol. The third-order valence-corrected chi connectivity index (χ3v) is 5.78. The van der Waals surface area contributed by atoms with Gasteiger partial charge in [0.25, 0.3) is 0 Å². The molecule has 47 heavy (non-hydrogen) atoms. The Balaban J connectivity index is 2.51. The molecule has 0 bridgehead atoms. The zero-order chi connectivity index (χ0) is 35.9. The summed E-state index contributed by atoms with van der Waals surface area (Å²) >= 11 is 0. The summed E-state index contributed by atoms with van der Waals surface area (Å²) in [5.41, 5.74) is 0.0520. The third-order valence-electron chi connectivity index (χ3n) is 5.78. The second-order valence-electron chi connectivity index (χ2n) is 11.2.